The number of nitrogens with zero attached hydrogens (tertiary/aromatic N) is 2. The molecule has 0 spiro atoms. The molecule has 3 aromatic rings. The highest BCUT2D eigenvalue weighted by Gasteiger charge is 2.38. The van der Waals surface area contributed by atoms with Gasteiger partial charge in [0.05, 0.1) is 17.1 Å². The Morgan fingerprint density at radius 2 is 1.26 bits per heavy atom. The molecular formula is C73H108N4O17PS2+. The Labute approximate surface area is 576 Å². The van der Waals surface area contributed by atoms with Crippen LogP contribution in [0.1, 0.15) is 246 Å². The summed E-state index contributed by atoms with van der Waals surface area (Å²) >= 11 is 0. The number of hydrogen-bond donors (Lipinski definition) is 4. The maximum absolute atomic E-state index is 13.9. The lowest BCUT2D eigenvalue weighted by Crippen LogP contribution is -2.45. The van der Waals surface area contributed by atoms with Crippen molar-refractivity contribution < 1.29 is 78.3 Å². The first-order valence-corrected chi connectivity index (χ1v) is 40.9. The molecule has 8 rings (SSSR count). The number of anilines is 1. The summed E-state index contributed by atoms with van der Waals surface area (Å²) in [4.78, 5) is 74.8. The second-order valence-corrected chi connectivity index (χ2v) is 31.3. The number of amides is 1. The van der Waals surface area contributed by atoms with Gasteiger partial charge in [-0.2, -0.15) is 22.4 Å². The van der Waals surface area contributed by atoms with E-state index in [0.29, 0.717) is 55.8 Å². The van der Waals surface area contributed by atoms with Crippen molar-refractivity contribution in [3.63, 3.8) is 0 Å². The Bertz CT molecular complexity index is 3500. The fraction of sp³-hybridized carbons (Fsp3) is 0.658. The fourth-order valence-electron chi connectivity index (χ4n) is 14.2. The number of carbonyl (C=O) groups excluding carboxylic acids is 4. The van der Waals surface area contributed by atoms with Crippen LogP contribution in [0.5, 0.6) is 11.5 Å². The van der Waals surface area contributed by atoms with Crippen molar-refractivity contribution in [2.45, 2.75) is 254 Å². The highest BCUT2D eigenvalue weighted by molar-refractivity contribution is 7.89. The number of esters is 3. The molecule has 2 atom stereocenters. The molecule has 5 aliphatic heterocycles. The summed E-state index contributed by atoms with van der Waals surface area (Å²) in [5, 5.41) is 4.55. The van der Waals surface area contributed by atoms with Crippen molar-refractivity contribution >= 4 is 63.4 Å². The largest absolute Gasteiger partial charge is 0.606 e. The number of fused-ring (bicyclic) bond motifs is 4. The van der Waals surface area contributed by atoms with Gasteiger partial charge < -0.3 is 34.1 Å². The minimum absolute atomic E-state index is 0.0251. The number of sulfonamides is 1. The minimum Gasteiger partial charge on any atom is -0.606 e. The highest BCUT2D eigenvalue weighted by atomic mass is 32.2. The number of benzene rings is 3. The van der Waals surface area contributed by atoms with Gasteiger partial charge in [0, 0.05) is 103 Å². The van der Waals surface area contributed by atoms with Gasteiger partial charge in [0.25, 0.3) is 10.1 Å². The molecule has 0 fully saturated rings. The summed E-state index contributed by atoms with van der Waals surface area (Å²) in [6.07, 6.45) is 32.0. The molecule has 0 aliphatic carbocycles. The van der Waals surface area contributed by atoms with Crippen LogP contribution in [0, 0.1) is 0 Å². The second kappa shape index (κ2) is 39.6. The van der Waals surface area contributed by atoms with Crippen molar-refractivity contribution in [3.05, 3.63) is 86.9 Å². The Balaban J connectivity index is 0.770. The quantitative estimate of drug-likeness (QED) is 0.00608. The van der Waals surface area contributed by atoms with E-state index in [1.807, 2.05) is 0 Å². The van der Waals surface area contributed by atoms with E-state index >= 15 is 0 Å². The van der Waals surface area contributed by atoms with Gasteiger partial charge in [-0.1, -0.05) is 148 Å². The Hall–Kier alpha value is -5.36. The molecule has 538 valence electrons. The van der Waals surface area contributed by atoms with Gasteiger partial charge in [-0.25, -0.2) is 22.5 Å². The number of unbranched alkanes of at least 4 members (excludes halogenated alkanes) is 22. The summed E-state index contributed by atoms with van der Waals surface area (Å²) in [7, 11) is -14.0. The molecular weight excluding hydrogens is 1300 g/mol. The lowest BCUT2D eigenvalue weighted by molar-refractivity contribution is -0.245. The summed E-state index contributed by atoms with van der Waals surface area (Å²) in [6.45, 7) is 8.27. The molecule has 0 saturated carbocycles. The molecule has 97 heavy (non-hydrogen) atoms. The van der Waals surface area contributed by atoms with E-state index in [1.165, 1.54) is 81.0 Å². The van der Waals surface area contributed by atoms with Crippen molar-refractivity contribution in [1.82, 2.24) is 14.6 Å². The number of phosphoric ester groups is 1. The van der Waals surface area contributed by atoms with Crippen molar-refractivity contribution in [3.8, 4) is 11.5 Å². The van der Waals surface area contributed by atoms with Crippen LogP contribution in [0.2, 0.25) is 0 Å². The van der Waals surface area contributed by atoms with Crippen molar-refractivity contribution in [1.29, 1.82) is 0 Å². The van der Waals surface area contributed by atoms with E-state index in [1.54, 1.807) is 0 Å². The summed E-state index contributed by atoms with van der Waals surface area (Å²) < 4.78 is 104. The van der Waals surface area contributed by atoms with Gasteiger partial charge in [0.1, 0.15) is 49.3 Å². The zero-order valence-corrected chi connectivity index (χ0v) is 60.0. The number of nitrogens with one attached hydrogen (secondary N) is 2. The number of carbonyl (C=O) groups is 4. The van der Waals surface area contributed by atoms with E-state index in [9.17, 15) is 50.4 Å². The molecule has 0 aromatic heterocycles. The third kappa shape index (κ3) is 23.9. The van der Waals surface area contributed by atoms with Gasteiger partial charge in [-0.15, -0.1) is 0 Å². The third-order valence-corrected chi connectivity index (χ3v) is 22.5. The maximum Gasteiger partial charge on any atom is 0.377 e. The Kier molecular flexibility index (Phi) is 31.6. The molecule has 24 heteroatoms. The molecule has 1 amide bonds. The number of hydrogen-bond acceptors (Lipinski definition) is 17. The molecule has 3 aromatic carbocycles. The van der Waals surface area contributed by atoms with Crippen LogP contribution in [0.4, 0.5) is 5.69 Å². The number of aryl methyl sites for hydroxylation is 2. The number of rotatable bonds is 47. The first-order chi connectivity index (χ1) is 46.9. The minimum atomic E-state index is -5.00. The predicted octanol–water partition coefficient (Wildman–Crippen LogP) is 11.0. The maximum atomic E-state index is 13.9. The van der Waals surface area contributed by atoms with E-state index in [-0.39, 0.29) is 55.3 Å². The van der Waals surface area contributed by atoms with Crippen molar-refractivity contribution in [2.75, 3.05) is 70.6 Å². The van der Waals surface area contributed by atoms with E-state index in [2.05, 4.69) is 45.1 Å². The number of phosphoric acid groups is 1. The van der Waals surface area contributed by atoms with E-state index in [4.69, 9.17) is 28.0 Å². The lowest BCUT2D eigenvalue weighted by atomic mass is 9.82. The molecule has 0 bridgehead atoms. The second-order valence-electron chi connectivity index (χ2n) is 26.7. The lowest BCUT2D eigenvalue weighted by Gasteiger charge is -2.39. The molecule has 21 nitrogen and oxygen atoms in total. The molecule has 1 unspecified atom stereocenters. The fourth-order valence-corrected chi connectivity index (χ4v) is 16.8. The van der Waals surface area contributed by atoms with Gasteiger partial charge in [0.15, 0.2) is 6.10 Å². The predicted molar refractivity (Wildman–Crippen MR) is 373 cm³/mol. The zero-order chi connectivity index (χ0) is 69.1. The zero-order valence-electron chi connectivity index (χ0n) is 57.5. The highest BCUT2D eigenvalue weighted by Crippen LogP contribution is 2.50. The molecule has 0 saturated heterocycles. The first kappa shape index (κ1) is 77.4. The van der Waals surface area contributed by atoms with E-state index in [0.717, 1.165) is 193 Å². The number of ether oxygens (including phenoxy) is 4. The summed E-state index contributed by atoms with van der Waals surface area (Å²) in [5.74, 6) is -0.444. The van der Waals surface area contributed by atoms with Crippen LogP contribution in [0.3, 0.4) is 0 Å². The molecule has 4 N–H and O–H groups in total. The monoisotopic (exact) mass is 1410 g/mol. The summed E-state index contributed by atoms with van der Waals surface area (Å²) in [6, 6.07) is 8.12. The van der Waals surface area contributed by atoms with Crippen molar-refractivity contribution in [2.24, 2.45) is 0 Å². The summed E-state index contributed by atoms with van der Waals surface area (Å²) in [5.41, 5.74) is 7.21. The molecule has 5 aliphatic rings. The van der Waals surface area contributed by atoms with Crippen LogP contribution < -0.4 is 39.7 Å². The van der Waals surface area contributed by atoms with Gasteiger partial charge >= 0.3 is 26.1 Å². The Morgan fingerprint density at radius 1 is 0.660 bits per heavy atom. The van der Waals surface area contributed by atoms with Gasteiger partial charge in [0.2, 0.25) is 21.3 Å². The van der Waals surface area contributed by atoms with E-state index < -0.39 is 70.4 Å². The molecule has 0 radical (unpaired) electrons. The normalized spacial score (nSPS) is 15.6. The standard InChI is InChI=1S/C73H107N4O17PS2/c1-3-5-6-7-8-9-10-11-12-14-17-20-25-38-67(80)90-53-57(93-68(81)39-26-21-18-15-13-16-19-22-28-48-89-66(79)4-2)54-92-95(82,83)91-49-43-74-65(78)37-24-23-27-42-75-96(84,85)58-40-41-59(64(52-58)97(86,87)88)69-62-50-55-33-29-44-76-46-31-35-60(70(55)76)72(62)94-73-61-36-32-47-77-45-30-34-56(71(61)77)51-63(69)73/h4,40-41,50-52,57,75H,2-3,5-39,42-49,53-54H2,1H3,(H2-,74,78,82,83,86,87,88)/p+1/t57-/m1/s1. The SMILES string of the molecule is C=CC(=O)OCCCCCCCCCCCC(=O)O[C@H](COC(=O)CCCCCCCCCCCCCCC)CO[P+]([O-])(O)OCCNC(=O)CCCCCNS(=O)(=O)c1ccc(C2=c3cc4c5c(c3Oc3c2cc2c6c3CCCN6CCC2)CCC[N+]=5CCC4)c(S(=O)(=O)O)c1. The van der Waals surface area contributed by atoms with Crippen LogP contribution >= 0.6 is 8.17 Å². The molecule has 5 heterocycles. The van der Waals surface area contributed by atoms with Gasteiger partial charge in [-0.05, 0) is 100 Å². The van der Waals surface area contributed by atoms with Crippen LogP contribution in [0.25, 0.3) is 5.57 Å². The Morgan fingerprint density at radius 3 is 1.93 bits per heavy atom. The van der Waals surface area contributed by atoms with Gasteiger partial charge in [-0.3, -0.25) is 18.9 Å². The van der Waals surface area contributed by atoms with Crippen LogP contribution in [-0.4, -0.2) is 122 Å². The smallest absolute Gasteiger partial charge is 0.377 e. The van der Waals surface area contributed by atoms with Crippen LogP contribution in [0.15, 0.2) is 52.8 Å². The average Bonchev–Trinajstić information content (AvgIpc) is 0.710. The first-order valence-electron chi connectivity index (χ1n) is 36.4. The third-order valence-electron chi connectivity index (χ3n) is 19.1. The topological polar surface area (TPSA) is 286 Å². The average molecular weight is 1410 g/mol. The van der Waals surface area contributed by atoms with Crippen LogP contribution in [-0.2, 0) is 88.3 Å².